The van der Waals surface area contributed by atoms with Gasteiger partial charge in [-0.15, -0.1) is 0 Å². The first-order valence-corrected chi connectivity index (χ1v) is 6.73. The van der Waals surface area contributed by atoms with E-state index in [0.29, 0.717) is 12.5 Å². The molecular weight excluding hydrogens is 255 g/mol. The summed E-state index contributed by atoms with van der Waals surface area (Å²) in [5.74, 6) is 0.0274. The SMILES string of the molecule is OCC1CCC(OCc2ccc(Cl)c(F)c2)CC1. The lowest BCUT2D eigenvalue weighted by Gasteiger charge is -2.27. The zero-order chi connectivity index (χ0) is 13.0. The summed E-state index contributed by atoms with van der Waals surface area (Å²) in [5, 5.41) is 9.19. The van der Waals surface area contributed by atoms with E-state index in [1.165, 1.54) is 6.07 Å². The van der Waals surface area contributed by atoms with Crippen molar-refractivity contribution >= 4 is 11.6 Å². The first kappa shape index (κ1) is 13.8. The average molecular weight is 273 g/mol. The van der Waals surface area contributed by atoms with Crippen molar-refractivity contribution in [1.29, 1.82) is 0 Å². The van der Waals surface area contributed by atoms with Crippen molar-refractivity contribution in [3.8, 4) is 0 Å². The van der Waals surface area contributed by atoms with Gasteiger partial charge in [0.15, 0.2) is 0 Å². The Labute approximate surface area is 112 Å². The second kappa shape index (κ2) is 6.50. The molecule has 2 nitrogen and oxygen atoms in total. The molecule has 1 fully saturated rings. The molecule has 0 aliphatic heterocycles. The van der Waals surface area contributed by atoms with Crippen molar-refractivity contribution in [2.24, 2.45) is 5.92 Å². The van der Waals surface area contributed by atoms with Gasteiger partial charge in [-0.3, -0.25) is 0 Å². The number of benzene rings is 1. The lowest BCUT2D eigenvalue weighted by atomic mass is 9.88. The Bertz CT molecular complexity index is 389. The molecule has 0 spiro atoms. The second-order valence-electron chi connectivity index (χ2n) is 4.88. The number of hydrogen-bond donors (Lipinski definition) is 1. The highest BCUT2D eigenvalue weighted by Crippen LogP contribution is 2.26. The van der Waals surface area contributed by atoms with Crippen LogP contribution in [-0.4, -0.2) is 17.8 Å². The largest absolute Gasteiger partial charge is 0.396 e. The predicted octanol–water partition coefficient (Wildman–Crippen LogP) is 3.55. The molecule has 1 N–H and O–H groups in total. The normalized spacial score (nSPS) is 24.2. The van der Waals surface area contributed by atoms with E-state index in [2.05, 4.69) is 0 Å². The fourth-order valence-corrected chi connectivity index (χ4v) is 2.44. The maximum atomic E-state index is 13.2. The van der Waals surface area contributed by atoms with Crippen LogP contribution < -0.4 is 0 Å². The lowest BCUT2D eigenvalue weighted by molar-refractivity contribution is 0.00112. The third-order valence-corrected chi connectivity index (χ3v) is 3.83. The van der Waals surface area contributed by atoms with Gasteiger partial charge in [-0.25, -0.2) is 4.39 Å². The highest BCUT2D eigenvalue weighted by atomic mass is 35.5. The first-order chi connectivity index (χ1) is 8.69. The summed E-state index contributed by atoms with van der Waals surface area (Å²) < 4.78 is 19.0. The van der Waals surface area contributed by atoms with Crippen molar-refractivity contribution in [3.63, 3.8) is 0 Å². The maximum absolute atomic E-state index is 13.2. The molecule has 0 unspecified atom stereocenters. The van der Waals surface area contributed by atoms with Gasteiger partial charge in [-0.05, 0) is 49.3 Å². The predicted molar refractivity (Wildman–Crippen MR) is 69.0 cm³/mol. The van der Waals surface area contributed by atoms with E-state index in [1.54, 1.807) is 12.1 Å². The summed E-state index contributed by atoms with van der Waals surface area (Å²) in [6.07, 6.45) is 4.20. The van der Waals surface area contributed by atoms with E-state index in [-0.39, 0.29) is 17.7 Å². The smallest absolute Gasteiger partial charge is 0.142 e. The van der Waals surface area contributed by atoms with Gasteiger partial charge in [-0.1, -0.05) is 17.7 Å². The van der Waals surface area contributed by atoms with Crippen molar-refractivity contribution in [3.05, 3.63) is 34.6 Å². The van der Waals surface area contributed by atoms with E-state index < -0.39 is 5.82 Å². The summed E-state index contributed by atoms with van der Waals surface area (Å²) in [7, 11) is 0. The third kappa shape index (κ3) is 3.67. The van der Waals surface area contributed by atoms with Gasteiger partial charge in [0.05, 0.1) is 17.7 Å². The van der Waals surface area contributed by atoms with Crippen LogP contribution in [0.15, 0.2) is 18.2 Å². The van der Waals surface area contributed by atoms with Gasteiger partial charge in [-0.2, -0.15) is 0 Å². The van der Waals surface area contributed by atoms with Gasteiger partial charge >= 0.3 is 0 Å². The zero-order valence-electron chi connectivity index (χ0n) is 10.2. The summed E-state index contributed by atoms with van der Waals surface area (Å²) >= 11 is 5.62. The Morgan fingerprint density at radius 3 is 2.61 bits per heavy atom. The maximum Gasteiger partial charge on any atom is 0.142 e. The number of aliphatic hydroxyl groups excluding tert-OH is 1. The van der Waals surface area contributed by atoms with Gasteiger partial charge < -0.3 is 9.84 Å². The number of aliphatic hydroxyl groups is 1. The number of rotatable bonds is 4. The molecule has 0 aromatic heterocycles. The molecule has 0 heterocycles. The van der Waals surface area contributed by atoms with Crippen molar-refractivity contribution in [1.82, 2.24) is 0 Å². The summed E-state index contributed by atoms with van der Waals surface area (Å²) in [6, 6.07) is 4.75. The fraction of sp³-hybridized carbons (Fsp3) is 0.571. The molecule has 0 saturated heterocycles. The van der Waals surface area contributed by atoms with Crippen LogP contribution in [0.1, 0.15) is 31.2 Å². The molecule has 0 radical (unpaired) electrons. The monoisotopic (exact) mass is 272 g/mol. The standard InChI is InChI=1S/C14H18ClFO2/c15-13-6-3-11(7-14(13)16)9-18-12-4-1-10(8-17)2-5-12/h3,6-7,10,12,17H,1-2,4-5,8-9H2. The van der Waals surface area contributed by atoms with Crippen LogP contribution in [0.4, 0.5) is 4.39 Å². The Morgan fingerprint density at radius 1 is 1.28 bits per heavy atom. The van der Waals surface area contributed by atoms with Gasteiger partial charge in [0.1, 0.15) is 5.82 Å². The molecule has 2 rings (SSSR count). The number of hydrogen-bond acceptors (Lipinski definition) is 2. The lowest BCUT2D eigenvalue weighted by Crippen LogP contribution is -2.23. The van der Waals surface area contributed by atoms with Crippen LogP contribution in [0, 0.1) is 11.7 Å². The minimum Gasteiger partial charge on any atom is -0.396 e. The molecule has 4 heteroatoms. The number of halogens is 2. The molecule has 1 aliphatic rings. The molecule has 1 aliphatic carbocycles. The quantitative estimate of drug-likeness (QED) is 0.908. The van der Waals surface area contributed by atoms with Gasteiger partial charge in [0.25, 0.3) is 0 Å². The average Bonchev–Trinajstić information content (AvgIpc) is 2.41. The van der Waals surface area contributed by atoms with E-state index in [0.717, 1.165) is 31.2 Å². The molecule has 1 aromatic carbocycles. The summed E-state index contributed by atoms with van der Waals surface area (Å²) in [5.41, 5.74) is 0.807. The summed E-state index contributed by atoms with van der Waals surface area (Å²) in [6.45, 7) is 0.692. The van der Waals surface area contributed by atoms with E-state index >= 15 is 0 Å². The minimum absolute atomic E-state index is 0.141. The molecule has 1 saturated carbocycles. The molecule has 0 amide bonds. The Morgan fingerprint density at radius 2 is 2.00 bits per heavy atom. The van der Waals surface area contributed by atoms with E-state index in [9.17, 15) is 4.39 Å². The van der Waals surface area contributed by atoms with Crippen LogP contribution in [0.2, 0.25) is 5.02 Å². The molecule has 1 aromatic rings. The highest BCUT2D eigenvalue weighted by Gasteiger charge is 2.20. The minimum atomic E-state index is -0.401. The Balaban J connectivity index is 1.79. The van der Waals surface area contributed by atoms with Crippen LogP contribution in [-0.2, 0) is 11.3 Å². The van der Waals surface area contributed by atoms with Crippen LogP contribution in [0.5, 0.6) is 0 Å². The molecule has 100 valence electrons. The van der Waals surface area contributed by atoms with Gasteiger partial charge in [0, 0.05) is 6.61 Å². The fourth-order valence-electron chi connectivity index (χ4n) is 2.32. The molecule has 0 bridgehead atoms. The van der Waals surface area contributed by atoms with Crippen LogP contribution in [0.3, 0.4) is 0 Å². The summed E-state index contributed by atoms with van der Waals surface area (Å²) in [4.78, 5) is 0. The van der Waals surface area contributed by atoms with Crippen molar-refractivity contribution in [2.75, 3.05) is 6.61 Å². The van der Waals surface area contributed by atoms with Crippen molar-refractivity contribution < 1.29 is 14.2 Å². The second-order valence-corrected chi connectivity index (χ2v) is 5.29. The number of ether oxygens (including phenoxy) is 1. The first-order valence-electron chi connectivity index (χ1n) is 6.35. The van der Waals surface area contributed by atoms with E-state index in [4.69, 9.17) is 21.4 Å². The van der Waals surface area contributed by atoms with E-state index in [1.807, 2.05) is 0 Å². The Hall–Kier alpha value is -0.640. The van der Waals surface area contributed by atoms with Crippen LogP contribution in [0.25, 0.3) is 0 Å². The van der Waals surface area contributed by atoms with Crippen molar-refractivity contribution in [2.45, 2.75) is 38.4 Å². The van der Waals surface area contributed by atoms with Crippen LogP contribution >= 0.6 is 11.6 Å². The molecule has 0 atom stereocenters. The van der Waals surface area contributed by atoms with Gasteiger partial charge in [0.2, 0.25) is 0 Å². The third-order valence-electron chi connectivity index (χ3n) is 3.52. The topological polar surface area (TPSA) is 29.5 Å². The molecule has 18 heavy (non-hydrogen) atoms. The zero-order valence-corrected chi connectivity index (χ0v) is 11.0. The Kier molecular flexibility index (Phi) is 4.98. The highest BCUT2D eigenvalue weighted by molar-refractivity contribution is 6.30. The molecular formula is C14H18ClFO2.